The van der Waals surface area contributed by atoms with Crippen molar-refractivity contribution in [2.24, 2.45) is 5.73 Å². The lowest BCUT2D eigenvalue weighted by molar-refractivity contribution is -0.117. The van der Waals surface area contributed by atoms with Crippen molar-refractivity contribution in [3.8, 4) is 0 Å². The molecule has 6 nitrogen and oxygen atoms in total. The maximum Gasteiger partial charge on any atom is 0.407 e. The maximum absolute atomic E-state index is 11.9. The Morgan fingerprint density at radius 1 is 1.12 bits per heavy atom. The Kier molecular flexibility index (Phi) is 7.46. The third-order valence-corrected chi connectivity index (χ3v) is 3.48. The zero-order valence-electron chi connectivity index (χ0n) is 13.9. The van der Waals surface area contributed by atoms with Crippen molar-refractivity contribution in [2.75, 3.05) is 11.9 Å². The number of carbonyl (C=O) groups is 2. The Morgan fingerprint density at radius 2 is 1.88 bits per heavy atom. The minimum Gasteiger partial charge on any atom is -0.445 e. The molecule has 0 aliphatic heterocycles. The highest BCUT2D eigenvalue weighted by Crippen LogP contribution is 2.06. The summed E-state index contributed by atoms with van der Waals surface area (Å²) < 4.78 is 5.10. The number of para-hydroxylation sites is 1. The SMILES string of the molecule is N[C@@H](CCCNC(=O)OCc1ccccc1)C(=O)Nc1[c]cccc1. The number of carbonyl (C=O) groups excluding carboxylic acids is 2. The topological polar surface area (TPSA) is 93.4 Å². The van der Waals surface area contributed by atoms with Crippen LogP contribution in [0.1, 0.15) is 18.4 Å². The molecule has 131 valence electrons. The van der Waals surface area contributed by atoms with E-state index in [9.17, 15) is 9.59 Å². The highest BCUT2D eigenvalue weighted by atomic mass is 16.5. The first kappa shape index (κ1) is 18.5. The van der Waals surface area contributed by atoms with Crippen LogP contribution in [0.2, 0.25) is 0 Å². The van der Waals surface area contributed by atoms with E-state index in [4.69, 9.17) is 10.5 Å². The second-order valence-electron chi connectivity index (χ2n) is 5.50. The zero-order valence-corrected chi connectivity index (χ0v) is 13.9. The molecule has 0 spiro atoms. The summed E-state index contributed by atoms with van der Waals surface area (Å²) >= 11 is 0. The molecule has 0 saturated carbocycles. The summed E-state index contributed by atoms with van der Waals surface area (Å²) in [7, 11) is 0. The van der Waals surface area contributed by atoms with Gasteiger partial charge >= 0.3 is 6.09 Å². The van der Waals surface area contributed by atoms with Gasteiger partial charge in [0.2, 0.25) is 5.91 Å². The number of rotatable bonds is 8. The van der Waals surface area contributed by atoms with Gasteiger partial charge in [0.1, 0.15) is 6.61 Å². The molecule has 2 aromatic rings. The summed E-state index contributed by atoms with van der Waals surface area (Å²) in [5.74, 6) is -0.269. The van der Waals surface area contributed by atoms with E-state index in [1.54, 1.807) is 12.1 Å². The molecule has 0 saturated heterocycles. The van der Waals surface area contributed by atoms with Gasteiger partial charge in [0, 0.05) is 18.3 Å². The van der Waals surface area contributed by atoms with E-state index in [0.717, 1.165) is 5.56 Å². The normalized spacial score (nSPS) is 11.4. The van der Waals surface area contributed by atoms with Gasteiger partial charge in [-0.1, -0.05) is 48.5 Å². The van der Waals surface area contributed by atoms with Crippen LogP contribution in [0.15, 0.2) is 54.6 Å². The Hall–Kier alpha value is -2.86. The number of amides is 2. The van der Waals surface area contributed by atoms with Gasteiger partial charge in [-0.25, -0.2) is 4.79 Å². The number of alkyl carbamates (subject to hydrolysis) is 1. The first-order valence-electron chi connectivity index (χ1n) is 8.13. The lowest BCUT2D eigenvalue weighted by atomic mass is 10.1. The molecule has 0 aromatic heterocycles. The summed E-state index contributed by atoms with van der Waals surface area (Å²) in [6, 6.07) is 18.8. The van der Waals surface area contributed by atoms with Gasteiger partial charge in [0.25, 0.3) is 0 Å². The molecule has 2 amide bonds. The largest absolute Gasteiger partial charge is 0.445 e. The molecule has 2 aromatic carbocycles. The second-order valence-corrected chi connectivity index (χ2v) is 5.50. The molecule has 0 aliphatic rings. The van der Waals surface area contributed by atoms with Gasteiger partial charge in [-0.3, -0.25) is 4.79 Å². The quantitative estimate of drug-likeness (QED) is 0.644. The molecule has 0 fully saturated rings. The maximum atomic E-state index is 11.9. The fraction of sp³-hybridized carbons (Fsp3) is 0.263. The molecule has 1 radical (unpaired) electrons. The first-order valence-corrected chi connectivity index (χ1v) is 8.13. The van der Waals surface area contributed by atoms with Crippen LogP contribution >= 0.6 is 0 Å². The van der Waals surface area contributed by atoms with E-state index >= 15 is 0 Å². The highest BCUT2D eigenvalue weighted by Gasteiger charge is 2.13. The Bertz CT molecular complexity index is 662. The van der Waals surface area contributed by atoms with Crippen molar-refractivity contribution in [1.82, 2.24) is 5.32 Å². The van der Waals surface area contributed by atoms with Crippen molar-refractivity contribution in [1.29, 1.82) is 0 Å². The van der Waals surface area contributed by atoms with Crippen LogP contribution in [0.5, 0.6) is 0 Å². The van der Waals surface area contributed by atoms with Crippen LogP contribution < -0.4 is 16.4 Å². The first-order chi connectivity index (χ1) is 12.1. The van der Waals surface area contributed by atoms with Crippen LogP contribution in [-0.4, -0.2) is 24.6 Å². The lowest BCUT2D eigenvalue weighted by Crippen LogP contribution is -2.36. The minimum absolute atomic E-state index is 0.224. The molecule has 2 rings (SSSR count). The summed E-state index contributed by atoms with van der Waals surface area (Å²) in [5.41, 5.74) is 7.36. The summed E-state index contributed by atoms with van der Waals surface area (Å²) in [6.45, 7) is 0.619. The minimum atomic E-state index is -0.643. The zero-order chi connectivity index (χ0) is 17.9. The standard InChI is InChI=1S/C19H22N3O3/c20-17(18(23)22-16-10-5-2-6-11-16)12-7-13-21-19(24)25-14-15-8-3-1-4-9-15/h1-6,8-10,17H,7,12-14,20H2,(H,21,24)(H,22,23)/t17-/m0/s1. The number of ether oxygens (including phenoxy) is 1. The Labute approximate surface area is 147 Å². The van der Waals surface area contributed by atoms with E-state index in [0.29, 0.717) is 25.1 Å². The fourth-order valence-electron chi connectivity index (χ4n) is 2.11. The molecule has 6 heteroatoms. The number of hydrogen-bond donors (Lipinski definition) is 3. The average molecular weight is 340 g/mol. The van der Waals surface area contributed by atoms with Gasteiger partial charge in [-0.05, 0) is 24.5 Å². The van der Waals surface area contributed by atoms with Crippen molar-refractivity contribution in [3.05, 3.63) is 66.2 Å². The van der Waals surface area contributed by atoms with E-state index in [-0.39, 0.29) is 12.5 Å². The van der Waals surface area contributed by atoms with E-state index in [1.807, 2.05) is 42.5 Å². The third kappa shape index (κ3) is 7.05. The van der Waals surface area contributed by atoms with Gasteiger partial charge in [0.05, 0.1) is 6.04 Å². The molecular weight excluding hydrogens is 318 g/mol. The Morgan fingerprint density at radius 3 is 2.60 bits per heavy atom. The highest BCUT2D eigenvalue weighted by molar-refractivity contribution is 5.94. The van der Waals surface area contributed by atoms with Gasteiger partial charge < -0.3 is 21.1 Å². The second kappa shape index (κ2) is 10.1. The van der Waals surface area contributed by atoms with Crippen molar-refractivity contribution < 1.29 is 14.3 Å². The number of nitrogens with two attached hydrogens (primary N) is 1. The predicted molar refractivity (Wildman–Crippen MR) is 95.7 cm³/mol. The predicted octanol–water partition coefficient (Wildman–Crippen LogP) is 2.46. The number of anilines is 1. The monoisotopic (exact) mass is 340 g/mol. The van der Waals surface area contributed by atoms with E-state index in [1.165, 1.54) is 0 Å². The van der Waals surface area contributed by atoms with Crippen molar-refractivity contribution in [2.45, 2.75) is 25.5 Å². The van der Waals surface area contributed by atoms with Crippen LogP contribution in [0.3, 0.4) is 0 Å². The molecule has 0 aliphatic carbocycles. The smallest absolute Gasteiger partial charge is 0.407 e. The average Bonchev–Trinajstić information content (AvgIpc) is 2.65. The fourth-order valence-corrected chi connectivity index (χ4v) is 2.11. The van der Waals surface area contributed by atoms with Crippen molar-refractivity contribution in [3.63, 3.8) is 0 Å². The summed E-state index contributed by atoms with van der Waals surface area (Å²) in [4.78, 5) is 23.5. The molecule has 1 atom stereocenters. The third-order valence-electron chi connectivity index (χ3n) is 3.48. The van der Waals surface area contributed by atoms with Gasteiger partial charge in [-0.15, -0.1) is 0 Å². The van der Waals surface area contributed by atoms with E-state index < -0.39 is 12.1 Å². The van der Waals surface area contributed by atoms with Crippen LogP contribution in [-0.2, 0) is 16.1 Å². The molecule has 0 bridgehead atoms. The van der Waals surface area contributed by atoms with E-state index in [2.05, 4.69) is 16.7 Å². The summed E-state index contributed by atoms with van der Waals surface area (Å²) in [6.07, 6.45) is 0.547. The van der Waals surface area contributed by atoms with Crippen LogP contribution in [0, 0.1) is 6.07 Å². The number of hydrogen-bond acceptors (Lipinski definition) is 4. The lowest BCUT2D eigenvalue weighted by Gasteiger charge is -2.12. The van der Waals surface area contributed by atoms with Gasteiger partial charge in [0.15, 0.2) is 0 Å². The van der Waals surface area contributed by atoms with Gasteiger partial charge in [-0.2, -0.15) is 0 Å². The van der Waals surface area contributed by atoms with Crippen molar-refractivity contribution >= 4 is 17.7 Å². The molecule has 4 N–H and O–H groups in total. The van der Waals surface area contributed by atoms with Crippen LogP contribution in [0.4, 0.5) is 10.5 Å². The molecular formula is C19H22N3O3. The molecule has 25 heavy (non-hydrogen) atoms. The Balaban J connectivity index is 1.58. The number of nitrogens with one attached hydrogen (secondary N) is 2. The molecule has 0 heterocycles. The van der Waals surface area contributed by atoms with Crippen LogP contribution in [0.25, 0.3) is 0 Å². The molecule has 0 unspecified atom stereocenters. The number of benzene rings is 2. The summed E-state index contributed by atoms with van der Waals surface area (Å²) in [5, 5.41) is 5.34.